The van der Waals surface area contributed by atoms with Crippen LogP contribution in [-0.4, -0.2) is 24.2 Å². The lowest BCUT2D eigenvalue weighted by atomic mass is 10.1. The van der Waals surface area contributed by atoms with Gasteiger partial charge in [-0.2, -0.15) is 0 Å². The monoisotopic (exact) mass is 313 g/mol. The van der Waals surface area contributed by atoms with Crippen molar-refractivity contribution in [3.8, 4) is 11.5 Å². The van der Waals surface area contributed by atoms with E-state index in [9.17, 15) is 4.79 Å². The smallest absolute Gasteiger partial charge is 0.319 e. The topological polar surface area (TPSA) is 72.5 Å². The molecule has 0 saturated carbocycles. The summed E-state index contributed by atoms with van der Waals surface area (Å²) in [7, 11) is 0. The molecule has 3 rings (SSSR count). The molecule has 120 valence electrons. The maximum absolute atomic E-state index is 12.0. The molecule has 1 atom stereocenters. The molecule has 6 nitrogen and oxygen atoms in total. The predicted octanol–water partition coefficient (Wildman–Crippen LogP) is 3.13. The third-order valence-electron chi connectivity index (χ3n) is 3.54. The molecule has 0 radical (unpaired) electrons. The van der Waals surface area contributed by atoms with Gasteiger partial charge in [0, 0.05) is 12.6 Å². The Morgan fingerprint density at radius 2 is 2.04 bits per heavy atom. The first kappa shape index (κ1) is 15.1. The Morgan fingerprint density at radius 1 is 1.22 bits per heavy atom. The maximum atomic E-state index is 12.0. The van der Waals surface area contributed by atoms with Crippen molar-refractivity contribution < 1.29 is 14.3 Å². The number of urea groups is 1. The summed E-state index contributed by atoms with van der Waals surface area (Å²) in [5.41, 5.74) is 1.60. The molecule has 2 aromatic rings. The number of anilines is 1. The Hall–Kier alpha value is -2.76. The minimum absolute atomic E-state index is 0.163. The van der Waals surface area contributed by atoms with Crippen LogP contribution < -0.4 is 20.1 Å². The molecule has 2 N–H and O–H groups in total. The molecule has 1 unspecified atom stereocenters. The molecule has 1 aliphatic rings. The van der Waals surface area contributed by atoms with Gasteiger partial charge in [-0.1, -0.05) is 6.07 Å². The van der Waals surface area contributed by atoms with Crippen LogP contribution in [0.5, 0.6) is 11.5 Å². The van der Waals surface area contributed by atoms with Gasteiger partial charge in [-0.25, -0.2) is 4.79 Å². The van der Waals surface area contributed by atoms with Crippen LogP contribution in [-0.2, 0) is 0 Å². The normalized spacial score (nSPS) is 14.5. The standard InChI is InChI=1S/C17H19N3O3/c1-12(19-17(21)20-14-4-2-7-18-11-14)13-5-6-15-16(10-13)23-9-3-8-22-15/h2,4-7,10-12H,3,8-9H2,1H3,(H2,19,20,21). The van der Waals surface area contributed by atoms with Gasteiger partial charge in [0.2, 0.25) is 0 Å². The van der Waals surface area contributed by atoms with E-state index in [-0.39, 0.29) is 12.1 Å². The van der Waals surface area contributed by atoms with Crippen LogP contribution in [0.3, 0.4) is 0 Å². The lowest BCUT2D eigenvalue weighted by molar-refractivity contribution is 0.249. The Kier molecular flexibility index (Phi) is 4.61. The Bertz CT molecular complexity index is 676. The summed E-state index contributed by atoms with van der Waals surface area (Å²) in [6.45, 7) is 3.22. The van der Waals surface area contributed by atoms with Crippen molar-refractivity contribution >= 4 is 11.7 Å². The maximum Gasteiger partial charge on any atom is 0.319 e. The zero-order valence-corrected chi connectivity index (χ0v) is 12.9. The number of pyridine rings is 1. The van der Waals surface area contributed by atoms with Crippen LogP contribution in [0.2, 0.25) is 0 Å². The molecule has 0 bridgehead atoms. The summed E-state index contributed by atoms with van der Waals surface area (Å²) in [4.78, 5) is 16.0. The number of benzene rings is 1. The molecule has 0 fully saturated rings. The van der Waals surface area contributed by atoms with Gasteiger partial charge in [-0.05, 0) is 36.8 Å². The van der Waals surface area contributed by atoms with Gasteiger partial charge >= 0.3 is 6.03 Å². The van der Waals surface area contributed by atoms with Gasteiger partial charge < -0.3 is 20.1 Å². The molecule has 23 heavy (non-hydrogen) atoms. The summed E-state index contributed by atoms with van der Waals surface area (Å²) in [5, 5.41) is 5.64. The SMILES string of the molecule is CC(NC(=O)Nc1cccnc1)c1ccc2c(c1)OCCCO2. The number of amides is 2. The van der Waals surface area contributed by atoms with E-state index in [4.69, 9.17) is 9.47 Å². The third-order valence-corrected chi connectivity index (χ3v) is 3.54. The van der Waals surface area contributed by atoms with E-state index in [1.165, 1.54) is 0 Å². The van der Waals surface area contributed by atoms with E-state index >= 15 is 0 Å². The fraction of sp³-hybridized carbons (Fsp3) is 0.294. The van der Waals surface area contributed by atoms with Gasteiger partial charge in [0.05, 0.1) is 31.1 Å². The number of rotatable bonds is 3. The Labute approximate surface area is 134 Å². The van der Waals surface area contributed by atoms with E-state index in [1.54, 1.807) is 24.5 Å². The van der Waals surface area contributed by atoms with Crippen LogP contribution in [0, 0.1) is 0 Å². The van der Waals surface area contributed by atoms with Crippen LogP contribution in [0.4, 0.5) is 10.5 Å². The second kappa shape index (κ2) is 7.00. The highest BCUT2D eigenvalue weighted by Crippen LogP contribution is 2.32. The molecule has 2 amide bonds. The summed E-state index contributed by atoms with van der Waals surface area (Å²) in [5.74, 6) is 1.47. The van der Waals surface area contributed by atoms with Crippen molar-refractivity contribution in [1.29, 1.82) is 0 Å². The molecule has 0 spiro atoms. The lowest BCUT2D eigenvalue weighted by Crippen LogP contribution is -2.31. The highest BCUT2D eigenvalue weighted by molar-refractivity contribution is 5.89. The summed E-state index contributed by atoms with van der Waals surface area (Å²) in [6.07, 6.45) is 4.12. The fourth-order valence-corrected chi connectivity index (χ4v) is 2.33. The average molecular weight is 313 g/mol. The number of nitrogens with one attached hydrogen (secondary N) is 2. The lowest BCUT2D eigenvalue weighted by Gasteiger charge is -2.17. The van der Waals surface area contributed by atoms with Gasteiger partial charge in [-0.3, -0.25) is 4.98 Å². The first-order valence-electron chi connectivity index (χ1n) is 7.59. The van der Waals surface area contributed by atoms with Gasteiger partial charge in [0.15, 0.2) is 11.5 Å². The van der Waals surface area contributed by atoms with Gasteiger partial charge in [0.25, 0.3) is 0 Å². The number of nitrogens with zero attached hydrogens (tertiary/aromatic N) is 1. The molecular weight excluding hydrogens is 294 g/mol. The number of fused-ring (bicyclic) bond motifs is 1. The molecule has 1 aromatic carbocycles. The number of carbonyl (C=O) groups is 1. The zero-order valence-electron chi connectivity index (χ0n) is 12.9. The summed E-state index contributed by atoms with van der Waals surface area (Å²) >= 11 is 0. The Balaban J connectivity index is 1.65. The van der Waals surface area contributed by atoms with Gasteiger partial charge in [-0.15, -0.1) is 0 Å². The molecule has 1 aliphatic heterocycles. The summed E-state index contributed by atoms with van der Waals surface area (Å²) in [6, 6.07) is 8.83. The molecule has 6 heteroatoms. The van der Waals surface area contributed by atoms with Crippen LogP contribution in [0.15, 0.2) is 42.7 Å². The zero-order chi connectivity index (χ0) is 16.1. The number of hydrogen-bond donors (Lipinski definition) is 2. The largest absolute Gasteiger partial charge is 0.490 e. The van der Waals surface area contributed by atoms with Crippen LogP contribution in [0.1, 0.15) is 24.9 Å². The predicted molar refractivity (Wildman–Crippen MR) is 86.9 cm³/mol. The molecule has 1 aromatic heterocycles. The van der Waals surface area contributed by atoms with Crippen molar-refractivity contribution in [3.05, 3.63) is 48.3 Å². The number of ether oxygens (including phenoxy) is 2. The molecule has 0 aliphatic carbocycles. The highest BCUT2D eigenvalue weighted by atomic mass is 16.5. The Morgan fingerprint density at radius 3 is 2.83 bits per heavy atom. The first-order chi connectivity index (χ1) is 11.2. The summed E-state index contributed by atoms with van der Waals surface area (Å²) < 4.78 is 11.3. The van der Waals surface area contributed by atoms with Crippen LogP contribution >= 0.6 is 0 Å². The quantitative estimate of drug-likeness (QED) is 0.913. The van der Waals surface area contributed by atoms with Crippen molar-refractivity contribution in [1.82, 2.24) is 10.3 Å². The highest BCUT2D eigenvalue weighted by Gasteiger charge is 2.15. The number of aromatic nitrogens is 1. The fourth-order valence-electron chi connectivity index (χ4n) is 2.33. The minimum Gasteiger partial charge on any atom is -0.490 e. The molecule has 2 heterocycles. The second-order valence-corrected chi connectivity index (χ2v) is 5.32. The van der Waals surface area contributed by atoms with E-state index in [0.717, 1.165) is 23.5 Å². The molecular formula is C17H19N3O3. The van der Waals surface area contributed by atoms with Crippen LogP contribution in [0.25, 0.3) is 0 Å². The van der Waals surface area contributed by atoms with Crippen molar-refractivity contribution in [2.75, 3.05) is 18.5 Å². The molecule has 0 saturated heterocycles. The number of hydrogen-bond acceptors (Lipinski definition) is 4. The number of carbonyl (C=O) groups excluding carboxylic acids is 1. The third kappa shape index (κ3) is 3.91. The van der Waals surface area contributed by atoms with Crippen molar-refractivity contribution in [2.24, 2.45) is 0 Å². The van der Waals surface area contributed by atoms with E-state index < -0.39 is 0 Å². The second-order valence-electron chi connectivity index (χ2n) is 5.32. The van der Waals surface area contributed by atoms with Gasteiger partial charge in [0.1, 0.15) is 0 Å². The van der Waals surface area contributed by atoms with E-state index in [1.807, 2.05) is 25.1 Å². The minimum atomic E-state index is -0.280. The van der Waals surface area contributed by atoms with Crippen molar-refractivity contribution in [3.63, 3.8) is 0 Å². The van der Waals surface area contributed by atoms with E-state index in [2.05, 4.69) is 15.6 Å². The van der Waals surface area contributed by atoms with Crippen molar-refractivity contribution in [2.45, 2.75) is 19.4 Å². The first-order valence-corrected chi connectivity index (χ1v) is 7.59. The average Bonchev–Trinajstić information content (AvgIpc) is 2.80. The van der Waals surface area contributed by atoms with E-state index in [0.29, 0.717) is 18.9 Å².